The van der Waals surface area contributed by atoms with E-state index in [1.807, 2.05) is 60.7 Å². The van der Waals surface area contributed by atoms with Crippen molar-refractivity contribution in [2.24, 2.45) is 0 Å². The molecule has 0 aliphatic carbocycles. The molecule has 0 fully saturated rings. The van der Waals surface area contributed by atoms with Gasteiger partial charge in [-0.05, 0) is 48.5 Å². The molecule has 0 bridgehead atoms. The number of ether oxygens (including phenoxy) is 4. The number of carbonyl (C=O) groups excluding carboxylic acids is 2. The van der Waals surface area contributed by atoms with E-state index in [1.165, 1.54) is 28.4 Å². The second-order valence-electron chi connectivity index (χ2n) is 8.45. The van der Waals surface area contributed by atoms with E-state index in [0.29, 0.717) is 47.7 Å². The summed E-state index contributed by atoms with van der Waals surface area (Å²) in [6.07, 6.45) is 0. The van der Waals surface area contributed by atoms with E-state index in [0.717, 1.165) is 9.79 Å². The lowest BCUT2D eigenvalue weighted by Crippen LogP contribution is -2.31. The first-order valence-electron chi connectivity index (χ1n) is 12.8. The zero-order valence-electron chi connectivity index (χ0n) is 22.1. The second kappa shape index (κ2) is 16.0. The van der Waals surface area contributed by atoms with E-state index in [2.05, 4.69) is 0 Å². The number of benzene rings is 3. The average molecular weight is 596 g/mol. The Morgan fingerprint density at radius 3 is 1.59 bits per heavy atom. The van der Waals surface area contributed by atoms with E-state index >= 15 is 0 Å². The fourth-order valence-corrected chi connectivity index (χ4v) is 5.65. The number of carboxylic acid groups (broad SMARTS) is 1. The lowest BCUT2D eigenvalue weighted by atomic mass is 10.3. The fraction of sp³-hybridized carbons (Fsp3) is 0.233. The molecule has 3 aromatic rings. The lowest BCUT2D eigenvalue weighted by molar-refractivity contribution is -0.142. The summed E-state index contributed by atoms with van der Waals surface area (Å²) in [6.45, 7) is 1.51. The molecule has 0 radical (unpaired) electrons. The van der Waals surface area contributed by atoms with Crippen LogP contribution >= 0.6 is 23.5 Å². The average Bonchev–Trinajstić information content (AvgIpc) is 3.21. The summed E-state index contributed by atoms with van der Waals surface area (Å²) in [5.74, 6) is -1.16. The molecule has 1 heterocycles. The number of carboxylic acids is 1. The highest BCUT2D eigenvalue weighted by atomic mass is 32.2. The quantitative estimate of drug-likeness (QED) is 0.171. The summed E-state index contributed by atoms with van der Waals surface area (Å²) in [5, 5.41) is 8.48. The maximum atomic E-state index is 13.5. The number of carbonyl (C=O) groups is 3. The molecule has 0 unspecified atom stereocenters. The van der Waals surface area contributed by atoms with Crippen molar-refractivity contribution < 1.29 is 38.4 Å². The molecule has 0 saturated heterocycles. The number of hydrogen-bond donors (Lipinski definition) is 1. The normalized spacial score (nSPS) is 13.2. The first kappa shape index (κ1) is 30.4. The molecule has 1 aliphatic heterocycles. The van der Waals surface area contributed by atoms with Crippen molar-refractivity contribution in [1.29, 1.82) is 0 Å². The topological polar surface area (TPSA) is 112 Å². The minimum Gasteiger partial charge on any atom is -0.491 e. The molecule has 4 rings (SSSR count). The van der Waals surface area contributed by atoms with Gasteiger partial charge in [0, 0.05) is 9.79 Å². The van der Waals surface area contributed by atoms with Crippen LogP contribution in [0.4, 0.5) is 5.69 Å². The van der Waals surface area contributed by atoms with Gasteiger partial charge in [-0.15, -0.1) is 0 Å². The largest absolute Gasteiger partial charge is 0.491 e. The Bertz CT molecular complexity index is 1270. The number of thioether (sulfide) groups is 2. The van der Waals surface area contributed by atoms with E-state index in [9.17, 15) is 14.4 Å². The zero-order valence-corrected chi connectivity index (χ0v) is 23.7. The molecule has 3 aromatic carbocycles. The van der Waals surface area contributed by atoms with Crippen LogP contribution in [-0.4, -0.2) is 69.1 Å². The number of hydrogen-bond acceptors (Lipinski definition) is 9. The molecule has 1 N–H and O–H groups in total. The molecule has 11 heteroatoms. The summed E-state index contributed by atoms with van der Waals surface area (Å²) < 4.78 is 21.3. The van der Waals surface area contributed by atoms with Crippen LogP contribution < -0.4 is 9.64 Å². The van der Waals surface area contributed by atoms with Crippen LogP contribution in [0.5, 0.6) is 5.75 Å². The van der Waals surface area contributed by atoms with Gasteiger partial charge in [0.1, 0.15) is 19.0 Å². The Kier molecular flexibility index (Phi) is 11.8. The molecule has 2 amide bonds. The summed E-state index contributed by atoms with van der Waals surface area (Å²) in [4.78, 5) is 41.1. The van der Waals surface area contributed by atoms with Crippen molar-refractivity contribution in [1.82, 2.24) is 0 Å². The van der Waals surface area contributed by atoms with Crippen LogP contribution in [0.2, 0.25) is 0 Å². The van der Waals surface area contributed by atoms with E-state index in [1.54, 1.807) is 24.3 Å². The third kappa shape index (κ3) is 9.20. The summed E-state index contributed by atoms with van der Waals surface area (Å²) >= 11 is 2.58. The molecular formula is C30H29NO8S2. The van der Waals surface area contributed by atoms with Gasteiger partial charge in [-0.3, -0.25) is 9.59 Å². The number of nitrogens with zero attached hydrogens (tertiary/aromatic N) is 1. The van der Waals surface area contributed by atoms with Gasteiger partial charge in [-0.1, -0.05) is 59.9 Å². The fourth-order valence-electron chi connectivity index (χ4n) is 3.63. The Morgan fingerprint density at radius 1 is 0.634 bits per heavy atom. The highest BCUT2D eigenvalue weighted by molar-refractivity contribution is 8.08. The van der Waals surface area contributed by atoms with E-state index < -0.39 is 5.97 Å². The number of anilines is 1. The van der Waals surface area contributed by atoms with Gasteiger partial charge in [0.15, 0.2) is 0 Å². The number of amides is 2. The highest BCUT2D eigenvalue weighted by Gasteiger charge is 2.40. The van der Waals surface area contributed by atoms with Crippen molar-refractivity contribution in [2.45, 2.75) is 9.79 Å². The first-order valence-corrected chi connectivity index (χ1v) is 14.4. The van der Waals surface area contributed by atoms with Crippen molar-refractivity contribution in [2.75, 3.05) is 51.1 Å². The minimum atomic E-state index is -1.02. The molecule has 1 aliphatic rings. The van der Waals surface area contributed by atoms with Gasteiger partial charge in [-0.25, -0.2) is 9.69 Å². The van der Waals surface area contributed by atoms with Crippen molar-refractivity contribution >= 4 is 47.0 Å². The maximum Gasteiger partial charge on any atom is 0.329 e. The molecule has 0 spiro atoms. The van der Waals surface area contributed by atoms with Crippen molar-refractivity contribution in [3.05, 3.63) is 94.7 Å². The predicted octanol–water partition coefficient (Wildman–Crippen LogP) is 4.87. The van der Waals surface area contributed by atoms with Crippen molar-refractivity contribution in [3.8, 4) is 5.75 Å². The Morgan fingerprint density at radius 2 is 1.10 bits per heavy atom. The molecular weight excluding hydrogens is 566 g/mol. The monoisotopic (exact) mass is 595 g/mol. The summed E-state index contributed by atoms with van der Waals surface area (Å²) in [5.41, 5.74) is 0.461. The Balaban J connectivity index is 1.29. The number of imide groups is 1. The molecule has 0 atom stereocenters. The van der Waals surface area contributed by atoms with E-state index in [-0.39, 0.29) is 31.6 Å². The number of rotatable bonds is 17. The minimum absolute atomic E-state index is 0.205. The summed E-state index contributed by atoms with van der Waals surface area (Å²) in [7, 11) is 0. The molecule has 0 aromatic heterocycles. The number of aliphatic carboxylic acids is 1. The lowest BCUT2D eigenvalue weighted by Gasteiger charge is -2.16. The Hall–Kier alpha value is -3.61. The van der Waals surface area contributed by atoms with Crippen LogP contribution in [-0.2, 0) is 28.6 Å². The van der Waals surface area contributed by atoms with Gasteiger partial charge in [0.25, 0.3) is 11.8 Å². The molecule has 0 saturated carbocycles. The third-order valence-corrected chi connectivity index (χ3v) is 7.80. The van der Waals surface area contributed by atoms with Crippen LogP contribution in [0.1, 0.15) is 0 Å². The van der Waals surface area contributed by atoms with E-state index in [4.69, 9.17) is 24.1 Å². The predicted molar refractivity (Wildman–Crippen MR) is 156 cm³/mol. The van der Waals surface area contributed by atoms with Gasteiger partial charge in [-0.2, -0.15) is 0 Å². The maximum absolute atomic E-state index is 13.5. The van der Waals surface area contributed by atoms with Crippen LogP contribution in [0.15, 0.2) is 105 Å². The first-order chi connectivity index (χ1) is 20.0. The smallest absolute Gasteiger partial charge is 0.329 e. The Labute approximate surface area is 246 Å². The van der Waals surface area contributed by atoms with Crippen molar-refractivity contribution in [3.63, 3.8) is 0 Å². The molecule has 9 nitrogen and oxygen atoms in total. The van der Waals surface area contributed by atoms with Gasteiger partial charge in [0.05, 0.1) is 48.5 Å². The second-order valence-corrected chi connectivity index (χ2v) is 10.6. The molecule has 214 valence electrons. The van der Waals surface area contributed by atoms with Crippen LogP contribution in [0, 0.1) is 0 Å². The van der Waals surface area contributed by atoms with Crippen LogP contribution in [0.25, 0.3) is 0 Å². The highest BCUT2D eigenvalue weighted by Crippen LogP contribution is 2.43. The van der Waals surface area contributed by atoms with Gasteiger partial charge < -0.3 is 24.1 Å². The van der Waals surface area contributed by atoms with Gasteiger partial charge in [0.2, 0.25) is 0 Å². The van der Waals surface area contributed by atoms with Crippen LogP contribution in [0.3, 0.4) is 0 Å². The zero-order chi connectivity index (χ0) is 28.9. The third-order valence-electron chi connectivity index (χ3n) is 5.49. The standard InChI is InChI=1S/C30H29NO8S2/c32-26(33)21-38-18-17-36-15-16-37-19-20-39-23-13-11-22(12-14-23)31-29(34)27(40-24-7-3-1-4-8-24)28(30(31)35)41-25-9-5-2-6-10-25/h1-14H,15-21H2,(H,32,33). The van der Waals surface area contributed by atoms with Gasteiger partial charge >= 0.3 is 5.97 Å². The summed E-state index contributed by atoms with van der Waals surface area (Å²) in [6, 6.07) is 25.8. The SMILES string of the molecule is O=C(O)COCCOCCOCCOc1ccc(N2C(=O)C(Sc3ccccc3)=C(Sc3ccccc3)C2=O)cc1. The molecule has 41 heavy (non-hydrogen) atoms.